The molecule has 4 aromatic rings. The van der Waals surface area contributed by atoms with E-state index in [9.17, 15) is 13.2 Å². The Hall–Kier alpha value is -3.92. The van der Waals surface area contributed by atoms with Crippen molar-refractivity contribution in [3.63, 3.8) is 0 Å². The monoisotopic (exact) mass is 565 g/mol. The molecule has 0 bridgehead atoms. The van der Waals surface area contributed by atoms with Gasteiger partial charge in [0.15, 0.2) is 0 Å². The van der Waals surface area contributed by atoms with E-state index < -0.39 is 12.1 Å². The number of anilines is 1. The third kappa shape index (κ3) is 7.43. The number of aromatic nitrogens is 3. The minimum absolute atomic E-state index is 0.517. The second kappa shape index (κ2) is 12.7. The zero-order valence-electron chi connectivity index (χ0n) is 22.7. The zero-order valence-corrected chi connectivity index (χ0v) is 22.7. The summed E-state index contributed by atoms with van der Waals surface area (Å²) in [5.74, 6) is -1.32. The van der Waals surface area contributed by atoms with Gasteiger partial charge in [0, 0.05) is 35.9 Å². The van der Waals surface area contributed by atoms with Crippen LogP contribution < -0.4 is 5.32 Å². The van der Waals surface area contributed by atoms with Crippen molar-refractivity contribution < 1.29 is 23.1 Å². The molecular formula is C31H34F3N5O2. The van der Waals surface area contributed by atoms with Gasteiger partial charge in [0.05, 0.1) is 0 Å². The van der Waals surface area contributed by atoms with Crippen molar-refractivity contribution in [2.75, 3.05) is 18.4 Å². The third-order valence-electron chi connectivity index (χ3n) is 7.89. The predicted octanol–water partition coefficient (Wildman–Crippen LogP) is 6.99. The summed E-state index contributed by atoms with van der Waals surface area (Å²) in [6.45, 7) is 3.35. The number of aromatic amines is 1. The molecule has 3 N–H and O–H groups in total. The standard InChI is InChI=1S/C29H33N5.C2HF3O2/c1-2-6-22(7-3-1)23-14-16-34(17-15-23)20-21-10-12-24(13-11-21)26-18-30-28-27(26)19-31-29(33-28)32-25-8-4-5-9-25;3-2(4,5)1(6)7/h1-3,6-7,10-13,18-19,23,25H,4-5,8-9,14-17,20H2,(H2,30,31,32,33);(H,6,7). The number of nitrogens with one attached hydrogen (secondary N) is 2. The van der Waals surface area contributed by atoms with Crippen molar-refractivity contribution in [1.82, 2.24) is 19.9 Å². The van der Waals surface area contributed by atoms with E-state index in [2.05, 4.69) is 81.0 Å². The van der Waals surface area contributed by atoms with Crippen molar-refractivity contribution >= 4 is 23.0 Å². The number of piperidine rings is 1. The molecule has 0 unspecified atom stereocenters. The highest BCUT2D eigenvalue weighted by Gasteiger charge is 2.38. The molecular weight excluding hydrogens is 531 g/mol. The molecule has 2 fully saturated rings. The second-order valence-corrected chi connectivity index (χ2v) is 10.7. The molecule has 7 nitrogen and oxygen atoms in total. The smallest absolute Gasteiger partial charge is 0.475 e. The molecule has 0 amide bonds. The molecule has 10 heteroatoms. The number of hydrogen-bond donors (Lipinski definition) is 3. The van der Waals surface area contributed by atoms with E-state index in [0.29, 0.717) is 12.0 Å². The molecule has 1 aliphatic carbocycles. The van der Waals surface area contributed by atoms with Crippen LogP contribution in [0.5, 0.6) is 0 Å². The summed E-state index contributed by atoms with van der Waals surface area (Å²) in [6.07, 6.45) is 6.45. The lowest BCUT2D eigenvalue weighted by molar-refractivity contribution is -0.192. The Morgan fingerprint density at radius 2 is 1.66 bits per heavy atom. The molecule has 1 aliphatic heterocycles. The first kappa shape index (κ1) is 28.6. The highest BCUT2D eigenvalue weighted by atomic mass is 19.4. The number of rotatable bonds is 6. The molecule has 3 heterocycles. The molecule has 6 rings (SSSR count). The van der Waals surface area contributed by atoms with E-state index in [-0.39, 0.29) is 0 Å². The first-order valence-electron chi connectivity index (χ1n) is 14.0. The highest BCUT2D eigenvalue weighted by Crippen LogP contribution is 2.31. The average Bonchev–Trinajstić information content (AvgIpc) is 3.64. The fourth-order valence-electron chi connectivity index (χ4n) is 5.67. The van der Waals surface area contributed by atoms with Gasteiger partial charge in [-0.3, -0.25) is 4.90 Å². The maximum absolute atomic E-state index is 10.6. The van der Waals surface area contributed by atoms with E-state index in [4.69, 9.17) is 14.9 Å². The van der Waals surface area contributed by atoms with E-state index in [1.165, 1.54) is 68.3 Å². The van der Waals surface area contributed by atoms with E-state index in [0.717, 1.165) is 29.1 Å². The van der Waals surface area contributed by atoms with Crippen LogP contribution >= 0.6 is 0 Å². The summed E-state index contributed by atoms with van der Waals surface area (Å²) >= 11 is 0. The molecule has 0 atom stereocenters. The number of carboxylic acid groups (broad SMARTS) is 1. The number of aliphatic carboxylic acids is 1. The summed E-state index contributed by atoms with van der Waals surface area (Å²) in [5.41, 5.74) is 6.14. The van der Waals surface area contributed by atoms with Crippen LogP contribution in [0.4, 0.5) is 19.1 Å². The van der Waals surface area contributed by atoms with Gasteiger partial charge < -0.3 is 15.4 Å². The van der Waals surface area contributed by atoms with Gasteiger partial charge in [-0.15, -0.1) is 0 Å². The number of benzene rings is 2. The molecule has 0 radical (unpaired) electrons. The highest BCUT2D eigenvalue weighted by molar-refractivity contribution is 5.93. The van der Waals surface area contributed by atoms with Crippen LogP contribution in [0.25, 0.3) is 22.2 Å². The number of alkyl halides is 3. The molecule has 2 aromatic carbocycles. The van der Waals surface area contributed by atoms with Gasteiger partial charge in [-0.2, -0.15) is 18.2 Å². The summed E-state index contributed by atoms with van der Waals surface area (Å²) in [7, 11) is 0. The predicted molar refractivity (Wildman–Crippen MR) is 153 cm³/mol. The Bertz CT molecular complexity index is 1430. The lowest BCUT2D eigenvalue weighted by atomic mass is 9.89. The topological polar surface area (TPSA) is 94.1 Å². The molecule has 41 heavy (non-hydrogen) atoms. The van der Waals surface area contributed by atoms with Gasteiger partial charge in [-0.1, -0.05) is 67.4 Å². The first-order chi connectivity index (χ1) is 19.8. The van der Waals surface area contributed by atoms with Crippen molar-refractivity contribution in [3.05, 3.63) is 78.1 Å². The van der Waals surface area contributed by atoms with E-state index in [1.54, 1.807) is 0 Å². The molecule has 1 saturated heterocycles. The van der Waals surface area contributed by atoms with Crippen LogP contribution in [0, 0.1) is 0 Å². The number of carboxylic acids is 1. The Balaban J connectivity index is 0.000000431. The van der Waals surface area contributed by atoms with Crippen LogP contribution in [0.2, 0.25) is 0 Å². The minimum atomic E-state index is -5.08. The largest absolute Gasteiger partial charge is 0.490 e. The minimum Gasteiger partial charge on any atom is -0.475 e. The molecule has 216 valence electrons. The molecule has 0 spiro atoms. The van der Waals surface area contributed by atoms with Crippen LogP contribution in [0.15, 0.2) is 67.0 Å². The van der Waals surface area contributed by atoms with Crippen LogP contribution in [-0.4, -0.2) is 56.2 Å². The fourth-order valence-corrected chi connectivity index (χ4v) is 5.67. The second-order valence-electron chi connectivity index (χ2n) is 10.7. The van der Waals surface area contributed by atoms with Gasteiger partial charge in [0.2, 0.25) is 5.95 Å². The van der Waals surface area contributed by atoms with E-state index in [1.807, 2.05) is 6.20 Å². The maximum Gasteiger partial charge on any atom is 0.490 e. The maximum atomic E-state index is 10.6. The van der Waals surface area contributed by atoms with Crippen LogP contribution in [0.3, 0.4) is 0 Å². The number of fused-ring (bicyclic) bond motifs is 1. The Morgan fingerprint density at radius 3 is 2.29 bits per heavy atom. The Labute approximate surface area is 236 Å². The lowest BCUT2D eigenvalue weighted by Gasteiger charge is -2.32. The lowest BCUT2D eigenvalue weighted by Crippen LogP contribution is -2.32. The average molecular weight is 566 g/mol. The molecule has 1 saturated carbocycles. The molecule has 2 aliphatic rings. The van der Waals surface area contributed by atoms with Crippen LogP contribution in [-0.2, 0) is 11.3 Å². The normalized spacial score (nSPS) is 16.9. The van der Waals surface area contributed by atoms with Gasteiger partial charge in [0.25, 0.3) is 0 Å². The quantitative estimate of drug-likeness (QED) is 0.233. The summed E-state index contributed by atoms with van der Waals surface area (Å²) < 4.78 is 31.7. The number of halogens is 3. The Morgan fingerprint density at radius 1 is 1.00 bits per heavy atom. The van der Waals surface area contributed by atoms with Crippen molar-refractivity contribution in [2.45, 2.75) is 63.2 Å². The zero-order chi connectivity index (χ0) is 28.8. The number of carbonyl (C=O) groups is 1. The number of H-pyrrole nitrogens is 1. The van der Waals surface area contributed by atoms with Crippen molar-refractivity contribution in [2.24, 2.45) is 0 Å². The van der Waals surface area contributed by atoms with Gasteiger partial charge in [-0.25, -0.2) is 9.78 Å². The number of likely N-dealkylation sites (tertiary alicyclic amines) is 1. The summed E-state index contributed by atoms with van der Waals surface area (Å²) in [5, 5.41) is 11.7. The van der Waals surface area contributed by atoms with Gasteiger partial charge in [-0.05, 0) is 61.4 Å². The third-order valence-corrected chi connectivity index (χ3v) is 7.89. The van der Waals surface area contributed by atoms with E-state index >= 15 is 0 Å². The van der Waals surface area contributed by atoms with Crippen LogP contribution in [0.1, 0.15) is 55.6 Å². The van der Waals surface area contributed by atoms with Crippen molar-refractivity contribution in [3.8, 4) is 11.1 Å². The number of hydrogen-bond acceptors (Lipinski definition) is 5. The SMILES string of the molecule is O=C(O)C(F)(F)F.c1ccc(C2CCN(Cc3ccc(-c4c[nH]c5nc(NC6CCCC6)ncc45)cc3)CC2)cc1. The van der Waals surface area contributed by atoms with Gasteiger partial charge in [0.1, 0.15) is 5.65 Å². The van der Waals surface area contributed by atoms with Gasteiger partial charge >= 0.3 is 12.1 Å². The molecule has 2 aromatic heterocycles. The first-order valence-corrected chi connectivity index (χ1v) is 14.0. The van der Waals surface area contributed by atoms with Crippen molar-refractivity contribution in [1.29, 1.82) is 0 Å². The summed E-state index contributed by atoms with van der Waals surface area (Å²) in [6, 6.07) is 20.5. The summed E-state index contributed by atoms with van der Waals surface area (Å²) in [4.78, 5) is 24.2. The number of nitrogens with zero attached hydrogens (tertiary/aromatic N) is 3. The Kier molecular flexibility index (Phi) is 8.87. The fraction of sp³-hybridized carbons (Fsp3) is 0.387.